The van der Waals surface area contributed by atoms with Crippen LogP contribution in [-0.2, 0) is 9.47 Å². The summed E-state index contributed by atoms with van der Waals surface area (Å²) < 4.78 is 28.5. The molecule has 0 spiro atoms. The number of anilines is 1. The molecule has 0 atom stereocenters. The maximum Gasteiger partial charge on any atom is 0.144 e. The van der Waals surface area contributed by atoms with E-state index in [1.807, 2.05) is 0 Å². The third-order valence-electron chi connectivity index (χ3n) is 2.18. The van der Waals surface area contributed by atoms with Crippen LogP contribution in [0.15, 0.2) is 12.1 Å². The third kappa shape index (κ3) is 5.08. The van der Waals surface area contributed by atoms with Gasteiger partial charge in [-0.15, -0.1) is 0 Å². The second kappa shape index (κ2) is 8.13. The summed E-state index contributed by atoms with van der Waals surface area (Å²) in [7, 11) is 1.62. The molecule has 0 saturated carbocycles. The summed E-state index contributed by atoms with van der Waals surface area (Å²) in [6.07, 6.45) is 0.706. The Bertz CT molecular complexity index is 377. The van der Waals surface area contributed by atoms with E-state index in [1.54, 1.807) is 7.11 Å². The van der Waals surface area contributed by atoms with Gasteiger partial charge < -0.3 is 19.9 Å². The van der Waals surface area contributed by atoms with Crippen molar-refractivity contribution < 1.29 is 18.6 Å². The van der Waals surface area contributed by atoms with Crippen molar-refractivity contribution in [2.24, 2.45) is 0 Å². The molecule has 0 unspecified atom stereocenters. The highest BCUT2D eigenvalue weighted by atomic mass is 35.5. The van der Waals surface area contributed by atoms with Crippen molar-refractivity contribution in [1.29, 1.82) is 0 Å². The van der Waals surface area contributed by atoms with Gasteiger partial charge in [0.2, 0.25) is 0 Å². The van der Waals surface area contributed by atoms with Gasteiger partial charge in [-0.2, -0.15) is 0 Å². The van der Waals surface area contributed by atoms with Crippen molar-refractivity contribution in [3.8, 4) is 5.75 Å². The minimum absolute atomic E-state index is 0.00413. The van der Waals surface area contributed by atoms with E-state index in [0.29, 0.717) is 38.6 Å². The Morgan fingerprint density at radius 1 is 1.22 bits per heavy atom. The van der Waals surface area contributed by atoms with Gasteiger partial charge in [-0.25, -0.2) is 4.39 Å². The lowest BCUT2D eigenvalue weighted by Crippen LogP contribution is -2.07. The molecule has 0 saturated heterocycles. The summed E-state index contributed by atoms with van der Waals surface area (Å²) >= 11 is 5.63. The molecule has 1 rings (SSSR count). The van der Waals surface area contributed by atoms with Crippen LogP contribution in [-0.4, -0.2) is 33.5 Å². The summed E-state index contributed by atoms with van der Waals surface area (Å²) in [5.74, 6) is -0.164. The van der Waals surface area contributed by atoms with Crippen LogP contribution in [0, 0.1) is 5.82 Å². The maximum absolute atomic E-state index is 13.0. The maximum atomic E-state index is 13.0. The van der Waals surface area contributed by atoms with E-state index >= 15 is 0 Å². The second-order valence-electron chi connectivity index (χ2n) is 3.61. The third-order valence-corrected chi connectivity index (χ3v) is 2.46. The molecule has 0 heterocycles. The minimum atomic E-state index is -0.551. The number of benzene rings is 1. The number of hydrogen-bond acceptors (Lipinski definition) is 4. The van der Waals surface area contributed by atoms with Gasteiger partial charge in [0, 0.05) is 32.3 Å². The highest BCUT2D eigenvalue weighted by Gasteiger charge is 2.07. The molecule has 102 valence electrons. The standard InChI is InChI=1S/C12H17ClFNO3/c1-16-5-6-17-3-2-4-18-12-7-9(13)10(14)8-11(12)15/h7-8H,2-6,15H2,1H3. The number of halogens is 2. The second-order valence-corrected chi connectivity index (χ2v) is 4.02. The molecule has 0 bridgehead atoms. The van der Waals surface area contributed by atoms with Gasteiger partial charge in [-0.1, -0.05) is 11.6 Å². The van der Waals surface area contributed by atoms with Crippen LogP contribution in [0.5, 0.6) is 5.75 Å². The summed E-state index contributed by atoms with van der Waals surface area (Å²) in [5.41, 5.74) is 5.83. The zero-order valence-electron chi connectivity index (χ0n) is 10.2. The van der Waals surface area contributed by atoms with E-state index in [-0.39, 0.29) is 10.7 Å². The first-order valence-corrected chi connectivity index (χ1v) is 5.97. The molecule has 0 aromatic heterocycles. The van der Waals surface area contributed by atoms with Gasteiger partial charge in [-0.05, 0) is 0 Å². The van der Waals surface area contributed by atoms with Crippen LogP contribution in [0.1, 0.15) is 6.42 Å². The molecule has 0 aliphatic heterocycles. The Kier molecular flexibility index (Phi) is 6.78. The summed E-state index contributed by atoms with van der Waals surface area (Å²) in [6.45, 7) is 2.12. The normalized spacial score (nSPS) is 10.6. The minimum Gasteiger partial charge on any atom is -0.491 e. The van der Waals surface area contributed by atoms with E-state index in [4.69, 9.17) is 31.5 Å². The van der Waals surface area contributed by atoms with Crippen molar-refractivity contribution in [3.05, 3.63) is 23.0 Å². The Labute approximate surface area is 111 Å². The number of nitrogens with two attached hydrogens (primary N) is 1. The topological polar surface area (TPSA) is 53.7 Å². The van der Waals surface area contributed by atoms with Crippen LogP contribution in [0.2, 0.25) is 5.02 Å². The first kappa shape index (κ1) is 15.0. The molecular weight excluding hydrogens is 261 g/mol. The van der Waals surface area contributed by atoms with Crippen molar-refractivity contribution in [2.45, 2.75) is 6.42 Å². The van der Waals surface area contributed by atoms with Gasteiger partial charge >= 0.3 is 0 Å². The van der Waals surface area contributed by atoms with Gasteiger partial charge in [-0.3, -0.25) is 0 Å². The van der Waals surface area contributed by atoms with E-state index in [0.717, 1.165) is 6.07 Å². The van der Waals surface area contributed by atoms with E-state index in [2.05, 4.69) is 0 Å². The Morgan fingerprint density at radius 2 is 2.00 bits per heavy atom. The number of methoxy groups -OCH3 is 1. The smallest absolute Gasteiger partial charge is 0.144 e. The fourth-order valence-electron chi connectivity index (χ4n) is 1.26. The predicted molar refractivity (Wildman–Crippen MR) is 68.6 cm³/mol. The average Bonchev–Trinajstić information content (AvgIpc) is 2.34. The van der Waals surface area contributed by atoms with Gasteiger partial charge in [0.1, 0.15) is 11.6 Å². The first-order chi connectivity index (χ1) is 8.65. The SMILES string of the molecule is COCCOCCCOc1cc(Cl)c(F)cc1N. The number of rotatable bonds is 8. The summed E-state index contributed by atoms with van der Waals surface area (Å²) in [6, 6.07) is 2.52. The number of nitrogen functional groups attached to an aromatic ring is 1. The molecule has 1 aromatic carbocycles. The van der Waals surface area contributed by atoms with Crippen molar-refractivity contribution in [1.82, 2.24) is 0 Å². The van der Waals surface area contributed by atoms with Gasteiger partial charge in [0.25, 0.3) is 0 Å². The lowest BCUT2D eigenvalue weighted by molar-refractivity contribution is 0.0645. The molecule has 1 aromatic rings. The predicted octanol–water partition coefficient (Wildman–Crippen LogP) is 2.49. The fraction of sp³-hybridized carbons (Fsp3) is 0.500. The van der Waals surface area contributed by atoms with Gasteiger partial charge in [0.05, 0.1) is 30.5 Å². The molecule has 18 heavy (non-hydrogen) atoms. The fourth-order valence-corrected chi connectivity index (χ4v) is 1.41. The van der Waals surface area contributed by atoms with E-state index < -0.39 is 5.82 Å². The molecular formula is C12H17ClFNO3. The number of hydrogen-bond donors (Lipinski definition) is 1. The van der Waals surface area contributed by atoms with E-state index in [1.165, 1.54) is 6.07 Å². The van der Waals surface area contributed by atoms with Crippen molar-refractivity contribution in [3.63, 3.8) is 0 Å². The van der Waals surface area contributed by atoms with E-state index in [9.17, 15) is 4.39 Å². The van der Waals surface area contributed by atoms with Crippen LogP contribution in [0.3, 0.4) is 0 Å². The summed E-state index contributed by atoms with van der Waals surface area (Å²) in [5, 5.41) is -0.00413. The lowest BCUT2D eigenvalue weighted by Gasteiger charge is -2.10. The molecule has 2 N–H and O–H groups in total. The molecule has 0 radical (unpaired) electrons. The summed E-state index contributed by atoms with van der Waals surface area (Å²) in [4.78, 5) is 0. The molecule has 6 heteroatoms. The Morgan fingerprint density at radius 3 is 2.72 bits per heavy atom. The average molecular weight is 278 g/mol. The van der Waals surface area contributed by atoms with Crippen LogP contribution >= 0.6 is 11.6 Å². The highest BCUT2D eigenvalue weighted by Crippen LogP contribution is 2.28. The quantitative estimate of drug-likeness (QED) is 0.586. The lowest BCUT2D eigenvalue weighted by atomic mass is 10.3. The highest BCUT2D eigenvalue weighted by molar-refractivity contribution is 6.31. The van der Waals surface area contributed by atoms with Crippen LogP contribution in [0.4, 0.5) is 10.1 Å². The number of ether oxygens (including phenoxy) is 3. The zero-order valence-corrected chi connectivity index (χ0v) is 11.0. The van der Waals surface area contributed by atoms with Crippen LogP contribution < -0.4 is 10.5 Å². The molecule has 0 fully saturated rings. The largest absolute Gasteiger partial charge is 0.491 e. The molecule has 0 aliphatic carbocycles. The molecule has 0 aliphatic rings. The van der Waals surface area contributed by atoms with Crippen LogP contribution in [0.25, 0.3) is 0 Å². The molecule has 0 amide bonds. The Balaban J connectivity index is 2.25. The van der Waals surface area contributed by atoms with Gasteiger partial charge in [0.15, 0.2) is 0 Å². The van der Waals surface area contributed by atoms with Crippen molar-refractivity contribution in [2.75, 3.05) is 39.3 Å². The zero-order chi connectivity index (χ0) is 13.4. The van der Waals surface area contributed by atoms with Crippen molar-refractivity contribution >= 4 is 17.3 Å². The first-order valence-electron chi connectivity index (χ1n) is 5.59. The Hall–Kier alpha value is -1.04. The monoisotopic (exact) mass is 277 g/mol. The molecule has 4 nitrogen and oxygen atoms in total.